The number of carbonyl (C=O) groups excluding carboxylic acids is 1. The van der Waals surface area contributed by atoms with Crippen molar-refractivity contribution >= 4 is 29.5 Å². The second kappa shape index (κ2) is 5.17. The quantitative estimate of drug-likeness (QED) is 0.790. The Bertz CT molecular complexity index is 541. The van der Waals surface area contributed by atoms with Gasteiger partial charge in [0, 0.05) is 11.8 Å². The fourth-order valence-corrected chi connectivity index (χ4v) is 1.62. The Kier molecular flexibility index (Phi) is 3.61. The Hall–Kier alpha value is -1.58. The van der Waals surface area contributed by atoms with Crippen LogP contribution in [0.3, 0.4) is 0 Å². The Labute approximate surface area is 108 Å². The molecule has 86 valence electrons. The van der Waals surface area contributed by atoms with Crippen molar-refractivity contribution in [3.63, 3.8) is 0 Å². The highest BCUT2D eigenvalue weighted by Gasteiger charge is 2.05. The molecule has 0 amide bonds. The summed E-state index contributed by atoms with van der Waals surface area (Å²) in [7, 11) is 0. The summed E-state index contributed by atoms with van der Waals surface area (Å²) < 4.78 is 5.45. The van der Waals surface area contributed by atoms with E-state index in [4.69, 9.17) is 27.9 Å². The summed E-state index contributed by atoms with van der Waals surface area (Å²) in [6.45, 7) is 0. The van der Waals surface area contributed by atoms with E-state index < -0.39 is 0 Å². The fourth-order valence-electron chi connectivity index (χ4n) is 1.20. The monoisotopic (exact) mass is 267 g/mol. The van der Waals surface area contributed by atoms with E-state index in [9.17, 15) is 4.79 Å². The number of nitrogens with zero attached hydrogens (tertiary/aromatic N) is 1. The molecule has 0 fully saturated rings. The van der Waals surface area contributed by atoms with E-state index in [-0.39, 0.29) is 5.88 Å². The molecule has 0 N–H and O–H groups in total. The molecule has 1 aromatic heterocycles. The lowest BCUT2D eigenvalue weighted by Crippen LogP contribution is -1.89. The maximum atomic E-state index is 10.5. The minimum Gasteiger partial charge on any atom is -0.438 e. The van der Waals surface area contributed by atoms with E-state index >= 15 is 0 Å². The maximum Gasteiger partial charge on any atom is 0.238 e. The number of aldehydes is 1. The van der Waals surface area contributed by atoms with Crippen LogP contribution in [0.2, 0.25) is 10.0 Å². The zero-order valence-electron chi connectivity index (χ0n) is 8.56. The largest absolute Gasteiger partial charge is 0.438 e. The van der Waals surface area contributed by atoms with Crippen LogP contribution in [0.4, 0.5) is 0 Å². The first-order valence-electron chi connectivity index (χ1n) is 4.73. The third-order valence-corrected chi connectivity index (χ3v) is 2.48. The smallest absolute Gasteiger partial charge is 0.238 e. The van der Waals surface area contributed by atoms with Crippen LogP contribution < -0.4 is 4.74 Å². The predicted octanol–water partition coefficient (Wildman–Crippen LogP) is 3.99. The Morgan fingerprint density at radius 3 is 2.47 bits per heavy atom. The number of hydrogen-bond donors (Lipinski definition) is 0. The molecule has 17 heavy (non-hydrogen) atoms. The summed E-state index contributed by atoms with van der Waals surface area (Å²) in [5, 5.41) is 0.774. The molecule has 1 aromatic carbocycles. The second-order valence-electron chi connectivity index (χ2n) is 3.23. The number of aromatic nitrogens is 1. The number of pyridine rings is 1. The number of ether oxygens (including phenoxy) is 1. The molecule has 0 radical (unpaired) electrons. The molecule has 2 aromatic rings. The van der Waals surface area contributed by atoms with Crippen molar-refractivity contribution in [2.45, 2.75) is 0 Å². The summed E-state index contributed by atoms with van der Waals surface area (Å²) >= 11 is 11.6. The van der Waals surface area contributed by atoms with Gasteiger partial charge in [-0.1, -0.05) is 23.2 Å². The number of halogens is 2. The molecule has 5 heteroatoms. The molecule has 1 heterocycles. The minimum absolute atomic E-state index is 0.273. The van der Waals surface area contributed by atoms with Gasteiger partial charge >= 0.3 is 0 Å². The third kappa shape index (κ3) is 2.96. The highest BCUT2D eigenvalue weighted by molar-refractivity contribution is 6.35. The van der Waals surface area contributed by atoms with Gasteiger partial charge < -0.3 is 4.74 Å². The van der Waals surface area contributed by atoms with Crippen molar-refractivity contribution in [3.05, 3.63) is 52.1 Å². The van der Waals surface area contributed by atoms with Crippen molar-refractivity contribution in [1.29, 1.82) is 0 Å². The Morgan fingerprint density at radius 2 is 1.88 bits per heavy atom. The lowest BCUT2D eigenvalue weighted by atomic mass is 10.2. The van der Waals surface area contributed by atoms with Crippen molar-refractivity contribution in [2.75, 3.05) is 0 Å². The van der Waals surface area contributed by atoms with Gasteiger partial charge in [0.1, 0.15) is 17.1 Å². The zero-order valence-corrected chi connectivity index (χ0v) is 10.1. The van der Waals surface area contributed by atoms with E-state index in [0.717, 1.165) is 6.29 Å². The van der Waals surface area contributed by atoms with Crippen LogP contribution in [0.1, 0.15) is 10.4 Å². The topological polar surface area (TPSA) is 39.2 Å². The number of carbonyl (C=O) groups is 1. The van der Waals surface area contributed by atoms with Crippen LogP contribution in [-0.4, -0.2) is 11.3 Å². The van der Waals surface area contributed by atoms with Gasteiger partial charge in [0.15, 0.2) is 0 Å². The van der Waals surface area contributed by atoms with E-state index in [1.54, 1.807) is 30.3 Å². The van der Waals surface area contributed by atoms with E-state index in [1.165, 1.54) is 6.20 Å². The van der Waals surface area contributed by atoms with Gasteiger partial charge in [-0.2, -0.15) is 0 Å². The van der Waals surface area contributed by atoms with Crippen molar-refractivity contribution in [2.24, 2.45) is 0 Å². The molecule has 2 rings (SSSR count). The number of rotatable bonds is 3. The van der Waals surface area contributed by atoms with Crippen molar-refractivity contribution in [1.82, 2.24) is 4.98 Å². The van der Waals surface area contributed by atoms with Crippen LogP contribution in [-0.2, 0) is 0 Å². The van der Waals surface area contributed by atoms with Gasteiger partial charge in [-0.3, -0.25) is 4.79 Å². The molecule has 0 aliphatic heterocycles. The second-order valence-corrected chi connectivity index (χ2v) is 4.07. The normalized spacial score (nSPS) is 10.0. The highest BCUT2D eigenvalue weighted by atomic mass is 35.5. The minimum atomic E-state index is 0.273. The van der Waals surface area contributed by atoms with Crippen LogP contribution in [0.25, 0.3) is 0 Å². The fraction of sp³-hybridized carbons (Fsp3) is 0. The highest BCUT2D eigenvalue weighted by Crippen LogP contribution is 2.28. The zero-order chi connectivity index (χ0) is 12.3. The molecular weight excluding hydrogens is 261 g/mol. The van der Waals surface area contributed by atoms with Crippen LogP contribution in [0, 0.1) is 0 Å². The third-order valence-electron chi connectivity index (χ3n) is 2.00. The van der Waals surface area contributed by atoms with E-state index in [2.05, 4.69) is 4.98 Å². The summed E-state index contributed by atoms with van der Waals surface area (Å²) in [4.78, 5) is 14.4. The molecular formula is C12H7Cl2NO2. The standard InChI is InChI=1S/C12H7Cl2NO2/c13-9-5-11(14)12(15-6-9)17-10-3-1-8(7-16)2-4-10/h1-7H. The average molecular weight is 268 g/mol. The lowest BCUT2D eigenvalue weighted by Gasteiger charge is -2.06. The molecule has 0 aliphatic carbocycles. The maximum absolute atomic E-state index is 10.5. The van der Waals surface area contributed by atoms with Gasteiger partial charge in [-0.25, -0.2) is 4.98 Å². The van der Waals surface area contributed by atoms with Crippen LogP contribution in [0.15, 0.2) is 36.5 Å². The molecule has 3 nitrogen and oxygen atoms in total. The first-order valence-corrected chi connectivity index (χ1v) is 5.49. The first-order chi connectivity index (χ1) is 8.19. The molecule has 0 aliphatic rings. The number of hydrogen-bond acceptors (Lipinski definition) is 3. The molecule has 0 saturated carbocycles. The van der Waals surface area contributed by atoms with Gasteiger partial charge in [0.2, 0.25) is 5.88 Å². The Morgan fingerprint density at radius 1 is 1.18 bits per heavy atom. The molecule has 0 spiro atoms. The summed E-state index contributed by atoms with van der Waals surface area (Å²) in [6, 6.07) is 8.16. The lowest BCUT2D eigenvalue weighted by molar-refractivity contribution is 0.112. The SMILES string of the molecule is O=Cc1ccc(Oc2ncc(Cl)cc2Cl)cc1. The van der Waals surface area contributed by atoms with Crippen molar-refractivity contribution < 1.29 is 9.53 Å². The van der Waals surface area contributed by atoms with Crippen LogP contribution in [0.5, 0.6) is 11.6 Å². The first kappa shape index (κ1) is 11.9. The molecule has 0 saturated heterocycles. The van der Waals surface area contributed by atoms with Gasteiger partial charge in [-0.15, -0.1) is 0 Å². The summed E-state index contributed by atoms with van der Waals surface area (Å²) in [5.74, 6) is 0.822. The van der Waals surface area contributed by atoms with Gasteiger partial charge in [-0.05, 0) is 30.3 Å². The van der Waals surface area contributed by atoms with Gasteiger partial charge in [0.25, 0.3) is 0 Å². The summed E-state index contributed by atoms with van der Waals surface area (Å²) in [6.07, 6.45) is 2.21. The number of benzene rings is 1. The van der Waals surface area contributed by atoms with Crippen LogP contribution >= 0.6 is 23.2 Å². The molecule has 0 unspecified atom stereocenters. The molecule has 0 bridgehead atoms. The van der Waals surface area contributed by atoms with E-state index in [1.807, 2.05) is 0 Å². The molecule has 0 atom stereocenters. The average Bonchev–Trinajstić information content (AvgIpc) is 2.34. The summed E-state index contributed by atoms with van der Waals surface area (Å²) in [5.41, 5.74) is 0.576. The Balaban J connectivity index is 2.22. The predicted molar refractivity (Wildman–Crippen MR) is 66.2 cm³/mol. The van der Waals surface area contributed by atoms with Gasteiger partial charge in [0.05, 0.1) is 5.02 Å². The van der Waals surface area contributed by atoms with E-state index in [0.29, 0.717) is 21.4 Å². The van der Waals surface area contributed by atoms with Crippen molar-refractivity contribution in [3.8, 4) is 11.6 Å².